The minimum absolute atomic E-state index is 0.583. The van der Waals surface area contributed by atoms with Crippen LogP contribution in [0.4, 0.5) is 0 Å². The zero-order valence-electron chi connectivity index (χ0n) is 16.2. The van der Waals surface area contributed by atoms with Gasteiger partial charge < -0.3 is 14.9 Å². The summed E-state index contributed by atoms with van der Waals surface area (Å²) in [7, 11) is 0. The number of ether oxygens (including phenoxy) is 1. The van der Waals surface area contributed by atoms with Gasteiger partial charge >= 0.3 is 11.9 Å². The molecule has 0 atom stereocenters. The molecule has 26 heavy (non-hydrogen) atoms. The average molecular weight is 365 g/mol. The normalized spacial score (nSPS) is 15.3. The number of aryl methyl sites for hydroxylation is 1. The lowest BCUT2D eigenvalue weighted by Crippen LogP contribution is -2.35. The van der Waals surface area contributed by atoms with Crippen molar-refractivity contribution in [3.8, 4) is 5.75 Å². The minimum Gasteiger partial charge on any atom is -0.492 e. The number of carbonyl (C=O) groups is 2. The van der Waals surface area contributed by atoms with Crippen molar-refractivity contribution in [1.29, 1.82) is 0 Å². The van der Waals surface area contributed by atoms with Crippen LogP contribution in [0.3, 0.4) is 0 Å². The average Bonchev–Trinajstić information content (AvgIpc) is 2.57. The molecule has 0 radical (unpaired) electrons. The Labute approximate surface area is 155 Å². The molecule has 146 valence electrons. The molecular weight excluding hydrogens is 334 g/mol. The van der Waals surface area contributed by atoms with Gasteiger partial charge in [0.25, 0.3) is 0 Å². The monoisotopic (exact) mass is 365 g/mol. The van der Waals surface area contributed by atoms with Gasteiger partial charge in [0, 0.05) is 6.54 Å². The highest BCUT2D eigenvalue weighted by Crippen LogP contribution is 2.23. The van der Waals surface area contributed by atoms with Crippen molar-refractivity contribution in [2.24, 2.45) is 5.92 Å². The van der Waals surface area contributed by atoms with Gasteiger partial charge in [0.2, 0.25) is 0 Å². The number of carboxylic acids is 2. The molecule has 0 spiro atoms. The second-order valence-corrected chi connectivity index (χ2v) is 7.16. The van der Waals surface area contributed by atoms with Gasteiger partial charge in [-0.2, -0.15) is 0 Å². The molecule has 1 aromatic rings. The largest absolute Gasteiger partial charge is 0.492 e. The molecule has 1 saturated heterocycles. The molecule has 1 aliphatic heterocycles. The summed E-state index contributed by atoms with van der Waals surface area (Å²) >= 11 is 0. The molecule has 6 nitrogen and oxygen atoms in total. The Morgan fingerprint density at radius 1 is 1.19 bits per heavy atom. The van der Waals surface area contributed by atoms with Gasteiger partial charge in [-0.25, -0.2) is 9.59 Å². The molecule has 6 heteroatoms. The van der Waals surface area contributed by atoms with E-state index in [0.717, 1.165) is 24.8 Å². The summed E-state index contributed by atoms with van der Waals surface area (Å²) in [5.74, 6) is -1.15. The van der Waals surface area contributed by atoms with Crippen molar-refractivity contribution in [2.75, 3.05) is 26.2 Å². The molecular formula is C20H31NO5. The lowest BCUT2D eigenvalue weighted by Gasteiger charge is -2.29. The van der Waals surface area contributed by atoms with Crippen molar-refractivity contribution in [1.82, 2.24) is 4.90 Å². The van der Waals surface area contributed by atoms with E-state index in [1.165, 1.54) is 37.1 Å². The van der Waals surface area contributed by atoms with Gasteiger partial charge in [0.1, 0.15) is 12.4 Å². The van der Waals surface area contributed by atoms with Crippen molar-refractivity contribution >= 4 is 11.9 Å². The number of carboxylic acid groups (broad SMARTS) is 2. The maximum atomic E-state index is 9.10. The van der Waals surface area contributed by atoms with Crippen LogP contribution in [0.25, 0.3) is 0 Å². The standard InChI is InChI=1S/C18H29NO.C2H2O4/c1-14(2)18-6-5-17(13-16(18)4)20-12-11-19-9-7-15(3)8-10-19;3-1(4)2(5)6/h5-6,13-15H,7-12H2,1-4H3;(H,3,4)(H,5,6). The number of hydrogen-bond acceptors (Lipinski definition) is 4. The summed E-state index contributed by atoms with van der Waals surface area (Å²) in [6.45, 7) is 13.3. The molecule has 1 aromatic carbocycles. The summed E-state index contributed by atoms with van der Waals surface area (Å²) in [5, 5.41) is 14.8. The van der Waals surface area contributed by atoms with Crippen LogP contribution in [-0.2, 0) is 9.59 Å². The van der Waals surface area contributed by atoms with Gasteiger partial charge in [0.05, 0.1) is 0 Å². The lowest BCUT2D eigenvalue weighted by molar-refractivity contribution is -0.159. The number of benzene rings is 1. The number of piperidine rings is 1. The minimum atomic E-state index is -1.82. The fourth-order valence-corrected chi connectivity index (χ4v) is 2.96. The number of likely N-dealkylation sites (tertiary alicyclic amines) is 1. The van der Waals surface area contributed by atoms with Crippen LogP contribution >= 0.6 is 0 Å². The molecule has 0 unspecified atom stereocenters. The highest BCUT2D eigenvalue weighted by atomic mass is 16.5. The van der Waals surface area contributed by atoms with Crippen molar-refractivity contribution in [3.63, 3.8) is 0 Å². The molecule has 0 aromatic heterocycles. The van der Waals surface area contributed by atoms with Crippen LogP contribution in [0.15, 0.2) is 18.2 Å². The molecule has 1 heterocycles. The van der Waals surface area contributed by atoms with Gasteiger partial charge in [0.15, 0.2) is 0 Å². The molecule has 1 fully saturated rings. The Morgan fingerprint density at radius 2 is 1.77 bits per heavy atom. The van der Waals surface area contributed by atoms with Crippen LogP contribution < -0.4 is 4.74 Å². The summed E-state index contributed by atoms with van der Waals surface area (Å²) in [6, 6.07) is 6.49. The second-order valence-electron chi connectivity index (χ2n) is 7.16. The summed E-state index contributed by atoms with van der Waals surface area (Å²) < 4.78 is 5.91. The van der Waals surface area contributed by atoms with Crippen molar-refractivity contribution < 1.29 is 24.5 Å². The zero-order valence-corrected chi connectivity index (χ0v) is 16.2. The van der Waals surface area contributed by atoms with Crippen LogP contribution in [0.1, 0.15) is 50.7 Å². The number of aliphatic carboxylic acids is 2. The van der Waals surface area contributed by atoms with Crippen LogP contribution in [0.2, 0.25) is 0 Å². The Hall–Kier alpha value is -2.08. The first kappa shape index (κ1) is 22.0. The molecule has 2 N–H and O–H groups in total. The highest BCUT2D eigenvalue weighted by molar-refractivity contribution is 6.27. The third kappa shape index (κ3) is 7.87. The molecule has 0 bridgehead atoms. The van der Waals surface area contributed by atoms with Crippen molar-refractivity contribution in [3.05, 3.63) is 29.3 Å². The van der Waals surface area contributed by atoms with E-state index >= 15 is 0 Å². The first-order valence-corrected chi connectivity index (χ1v) is 9.12. The first-order chi connectivity index (χ1) is 12.2. The summed E-state index contributed by atoms with van der Waals surface area (Å²) in [4.78, 5) is 20.7. The van der Waals surface area contributed by atoms with Crippen molar-refractivity contribution in [2.45, 2.75) is 46.5 Å². The van der Waals surface area contributed by atoms with Gasteiger partial charge in [-0.05, 0) is 68.0 Å². The SMILES string of the molecule is Cc1cc(OCCN2CCC(C)CC2)ccc1C(C)C.O=C(O)C(=O)O. The molecule has 0 aliphatic carbocycles. The Morgan fingerprint density at radius 3 is 2.23 bits per heavy atom. The maximum absolute atomic E-state index is 9.10. The van der Waals surface area contributed by atoms with Gasteiger partial charge in [-0.3, -0.25) is 4.90 Å². The fraction of sp³-hybridized carbons (Fsp3) is 0.600. The van der Waals surface area contributed by atoms with Crippen LogP contribution in [-0.4, -0.2) is 53.3 Å². The molecule has 0 saturated carbocycles. The van der Waals surface area contributed by atoms with E-state index in [0.29, 0.717) is 5.92 Å². The fourth-order valence-electron chi connectivity index (χ4n) is 2.96. The van der Waals surface area contributed by atoms with E-state index in [1.54, 1.807) is 0 Å². The second kappa shape index (κ2) is 10.8. The van der Waals surface area contributed by atoms with E-state index < -0.39 is 11.9 Å². The van der Waals surface area contributed by atoms with E-state index in [1.807, 2.05) is 0 Å². The van der Waals surface area contributed by atoms with E-state index in [4.69, 9.17) is 24.5 Å². The molecule has 1 aliphatic rings. The van der Waals surface area contributed by atoms with Gasteiger partial charge in [-0.1, -0.05) is 26.8 Å². The third-order valence-electron chi connectivity index (χ3n) is 4.60. The quantitative estimate of drug-likeness (QED) is 0.778. The lowest BCUT2D eigenvalue weighted by atomic mass is 9.98. The highest BCUT2D eigenvalue weighted by Gasteiger charge is 2.15. The Kier molecular flexibility index (Phi) is 9.13. The number of nitrogens with zero attached hydrogens (tertiary/aromatic N) is 1. The van der Waals surface area contributed by atoms with Crippen LogP contribution in [0.5, 0.6) is 5.75 Å². The predicted octanol–water partition coefficient (Wildman–Crippen LogP) is 3.38. The van der Waals surface area contributed by atoms with E-state index in [2.05, 4.69) is 50.8 Å². The number of rotatable bonds is 5. The van der Waals surface area contributed by atoms with Crippen LogP contribution in [0, 0.1) is 12.8 Å². The van der Waals surface area contributed by atoms with E-state index in [9.17, 15) is 0 Å². The summed E-state index contributed by atoms with van der Waals surface area (Å²) in [6.07, 6.45) is 2.67. The third-order valence-corrected chi connectivity index (χ3v) is 4.60. The number of hydrogen-bond donors (Lipinski definition) is 2. The van der Waals surface area contributed by atoms with E-state index in [-0.39, 0.29) is 0 Å². The summed E-state index contributed by atoms with van der Waals surface area (Å²) in [5.41, 5.74) is 2.76. The Bertz CT molecular complexity index is 580. The smallest absolute Gasteiger partial charge is 0.414 e. The Balaban J connectivity index is 0.000000487. The molecule has 0 amide bonds. The topological polar surface area (TPSA) is 87.1 Å². The molecule has 2 rings (SSSR count). The van der Waals surface area contributed by atoms with Gasteiger partial charge in [-0.15, -0.1) is 0 Å². The predicted molar refractivity (Wildman–Crippen MR) is 101 cm³/mol. The zero-order chi connectivity index (χ0) is 19.7. The maximum Gasteiger partial charge on any atom is 0.414 e. The first-order valence-electron chi connectivity index (χ1n) is 9.12.